The van der Waals surface area contributed by atoms with Gasteiger partial charge in [-0.25, -0.2) is 9.97 Å². The summed E-state index contributed by atoms with van der Waals surface area (Å²) in [5.41, 5.74) is 8.14. The first-order valence-electron chi connectivity index (χ1n) is 4.94. The number of fused-ring (bicyclic) bond motifs is 1. The second-order valence-electron chi connectivity index (χ2n) is 3.59. The molecular formula is C10H15N3O. The van der Waals surface area contributed by atoms with Gasteiger partial charge in [0.15, 0.2) is 5.82 Å². The van der Waals surface area contributed by atoms with Gasteiger partial charge in [0, 0.05) is 18.4 Å². The van der Waals surface area contributed by atoms with Crippen LogP contribution in [0.3, 0.4) is 0 Å². The maximum Gasteiger partial charge on any atom is 0.156 e. The number of nitrogens with zero attached hydrogens (tertiary/aromatic N) is 2. The highest BCUT2D eigenvalue weighted by molar-refractivity contribution is 5.43. The number of hydrogen-bond donors (Lipinski definition) is 1. The minimum Gasteiger partial charge on any atom is -0.383 e. The summed E-state index contributed by atoms with van der Waals surface area (Å²) in [6.45, 7) is 0.442. The van der Waals surface area contributed by atoms with E-state index in [2.05, 4.69) is 9.97 Å². The van der Waals surface area contributed by atoms with Crippen molar-refractivity contribution in [3.8, 4) is 0 Å². The molecule has 14 heavy (non-hydrogen) atoms. The Kier molecular flexibility index (Phi) is 2.63. The Labute approximate surface area is 83.5 Å². The van der Waals surface area contributed by atoms with Crippen LogP contribution in [0.25, 0.3) is 0 Å². The van der Waals surface area contributed by atoms with Gasteiger partial charge < -0.3 is 10.5 Å². The third-order valence-electron chi connectivity index (χ3n) is 2.53. The minimum absolute atomic E-state index is 0.442. The lowest BCUT2D eigenvalue weighted by Crippen LogP contribution is -2.13. The summed E-state index contributed by atoms with van der Waals surface area (Å²) in [6.07, 6.45) is 4.45. The smallest absolute Gasteiger partial charge is 0.156 e. The van der Waals surface area contributed by atoms with Gasteiger partial charge >= 0.3 is 0 Å². The standard InChI is InChI=1S/C10H15N3O/c1-14-6-9-12-8-5-3-2-4-7(8)10(11)13-9/h2-6H2,1H3,(H2,11,12,13). The van der Waals surface area contributed by atoms with Crippen molar-refractivity contribution in [1.82, 2.24) is 9.97 Å². The van der Waals surface area contributed by atoms with Crippen molar-refractivity contribution < 1.29 is 4.74 Å². The summed E-state index contributed by atoms with van der Waals surface area (Å²) in [7, 11) is 1.64. The highest BCUT2D eigenvalue weighted by Crippen LogP contribution is 2.23. The van der Waals surface area contributed by atoms with Gasteiger partial charge in [-0.3, -0.25) is 0 Å². The first-order chi connectivity index (χ1) is 6.81. The average molecular weight is 193 g/mol. The fraction of sp³-hybridized carbons (Fsp3) is 0.600. The normalized spacial score (nSPS) is 15.2. The van der Waals surface area contributed by atoms with Crippen molar-refractivity contribution in [1.29, 1.82) is 0 Å². The van der Waals surface area contributed by atoms with Crippen molar-refractivity contribution >= 4 is 5.82 Å². The van der Waals surface area contributed by atoms with Crippen LogP contribution in [0.4, 0.5) is 5.82 Å². The van der Waals surface area contributed by atoms with E-state index < -0.39 is 0 Å². The number of nitrogen functional groups attached to an aromatic ring is 1. The van der Waals surface area contributed by atoms with E-state index in [0.717, 1.165) is 24.1 Å². The van der Waals surface area contributed by atoms with Gasteiger partial charge in [0.1, 0.15) is 12.4 Å². The zero-order valence-corrected chi connectivity index (χ0v) is 8.42. The van der Waals surface area contributed by atoms with Crippen molar-refractivity contribution in [3.63, 3.8) is 0 Å². The van der Waals surface area contributed by atoms with Gasteiger partial charge in [0.2, 0.25) is 0 Å². The third kappa shape index (κ3) is 1.70. The zero-order valence-electron chi connectivity index (χ0n) is 8.42. The molecular weight excluding hydrogens is 178 g/mol. The van der Waals surface area contributed by atoms with E-state index in [1.165, 1.54) is 12.8 Å². The lowest BCUT2D eigenvalue weighted by atomic mass is 9.96. The van der Waals surface area contributed by atoms with E-state index in [1.807, 2.05) is 0 Å². The Balaban J connectivity index is 2.36. The molecule has 1 aromatic rings. The number of ether oxygens (including phenoxy) is 1. The third-order valence-corrected chi connectivity index (χ3v) is 2.53. The minimum atomic E-state index is 0.442. The molecule has 0 saturated heterocycles. The van der Waals surface area contributed by atoms with Crippen LogP contribution in [-0.4, -0.2) is 17.1 Å². The molecule has 0 fully saturated rings. The number of aromatic nitrogens is 2. The molecule has 1 aliphatic carbocycles. The molecule has 0 aliphatic heterocycles. The molecule has 4 nitrogen and oxygen atoms in total. The van der Waals surface area contributed by atoms with Crippen LogP contribution in [0.15, 0.2) is 0 Å². The van der Waals surface area contributed by atoms with Crippen LogP contribution in [0, 0.1) is 0 Å². The van der Waals surface area contributed by atoms with Gasteiger partial charge in [-0.1, -0.05) is 0 Å². The first kappa shape index (κ1) is 9.40. The molecule has 4 heteroatoms. The van der Waals surface area contributed by atoms with Crippen LogP contribution >= 0.6 is 0 Å². The van der Waals surface area contributed by atoms with E-state index in [-0.39, 0.29) is 0 Å². The molecule has 0 radical (unpaired) electrons. The van der Waals surface area contributed by atoms with Crippen molar-refractivity contribution in [2.45, 2.75) is 32.3 Å². The Morgan fingerprint density at radius 1 is 1.29 bits per heavy atom. The molecule has 0 bridgehead atoms. The van der Waals surface area contributed by atoms with Crippen LogP contribution < -0.4 is 5.73 Å². The molecule has 0 aromatic carbocycles. The van der Waals surface area contributed by atoms with Crippen molar-refractivity contribution in [2.75, 3.05) is 12.8 Å². The Morgan fingerprint density at radius 3 is 2.86 bits per heavy atom. The summed E-state index contributed by atoms with van der Waals surface area (Å²) in [5.74, 6) is 1.34. The second kappa shape index (κ2) is 3.92. The zero-order chi connectivity index (χ0) is 9.97. The summed E-state index contributed by atoms with van der Waals surface area (Å²) >= 11 is 0. The van der Waals surface area contributed by atoms with Crippen LogP contribution in [0.5, 0.6) is 0 Å². The van der Waals surface area contributed by atoms with Gasteiger partial charge in [-0.2, -0.15) is 0 Å². The molecule has 0 saturated carbocycles. The lowest BCUT2D eigenvalue weighted by Gasteiger charge is -2.16. The maximum absolute atomic E-state index is 5.87. The molecule has 0 unspecified atom stereocenters. The fourth-order valence-corrected chi connectivity index (χ4v) is 1.87. The summed E-state index contributed by atoms with van der Waals surface area (Å²) in [6, 6.07) is 0. The van der Waals surface area contributed by atoms with Crippen LogP contribution in [-0.2, 0) is 24.2 Å². The molecule has 2 rings (SSSR count). The van der Waals surface area contributed by atoms with Crippen molar-refractivity contribution in [3.05, 3.63) is 17.1 Å². The maximum atomic E-state index is 5.87. The molecule has 2 N–H and O–H groups in total. The fourth-order valence-electron chi connectivity index (χ4n) is 1.87. The lowest BCUT2D eigenvalue weighted by molar-refractivity contribution is 0.177. The second-order valence-corrected chi connectivity index (χ2v) is 3.59. The quantitative estimate of drug-likeness (QED) is 0.763. The highest BCUT2D eigenvalue weighted by atomic mass is 16.5. The van der Waals surface area contributed by atoms with E-state index >= 15 is 0 Å². The molecule has 0 amide bonds. The topological polar surface area (TPSA) is 61.0 Å². The van der Waals surface area contributed by atoms with E-state index in [4.69, 9.17) is 10.5 Å². The van der Waals surface area contributed by atoms with E-state index in [9.17, 15) is 0 Å². The Hall–Kier alpha value is -1.16. The van der Waals surface area contributed by atoms with Gasteiger partial charge in [-0.15, -0.1) is 0 Å². The number of nitrogens with two attached hydrogens (primary N) is 1. The molecule has 1 heterocycles. The van der Waals surface area contributed by atoms with Gasteiger partial charge in [-0.05, 0) is 25.7 Å². The number of hydrogen-bond acceptors (Lipinski definition) is 4. The summed E-state index contributed by atoms with van der Waals surface area (Å²) in [4.78, 5) is 8.67. The molecule has 76 valence electrons. The Bertz CT molecular complexity index is 338. The van der Waals surface area contributed by atoms with Crippen LogP contribution in [0.1, 0.15) is 29.9 Å². The highest BCUT2D eigenvalue weighted by Gasteiger charge is 2.15. The molecule has 1 aliphatic rings. The number of methoxy groups -OCH3 is 1. The predicted octanol–water partition coefficient (Wildman–Crippen LogP) is 1.08. The largest absolute Gasteiger partial charge is 0.383 e. The molecule has 0 spiro atoms. The van der Waals surface area contributed by atoms with Gasteiger partial charge in [0.05, 0.1) is 0 Å². The molecule has 0 atom stereocenters. The Morgan fingerprint density at radius 2 is 2.07 bits per heavy atom. The number of aryl methyl sites for hydroxylation is 1. The summed E-state index contributed by atoms with van der Waals surface area (Å²) < 4.78 is 4.99. The van der Waals surface area contributed by atoms with Crippen molar-refractivity contribution in [2.24, 2.45) is 0 Å². The number of rotatable bonds is 2. The van der Waals surface area contributed by atoms with E-state index in [1.54, 1.807) is 7.11 Å². The number of anilines is 1. The predicted molar refractivity (Wildman–Crippen MR) is 53.8 cm³/mol. The van der Waals surface area contributed by atoms with E-state index in [0.29, 0.717) is 18.2 Å². The SMILES string of the molecule is COCc1nc(N)c2c(n1)CCCC2. The average Bonchev–Trinajstić information content (AvgIpc) is 2.18. The first-order valence-corrected chi connectivity index (χ1v) is 4.94. The summed E-state index contributed by atoms with van der Waals surface area (Å²) in [5, 5.41) is 0. The van der Waals surface area contributed by atoms with Crippen LogP contribution in [0.2, 0.25) is 0 Å². The van der Waals surface area contributed by atoms with Gasteiger partial charge in [0.25, 0.3) is 0 Å². The molecule has 1 aromatic heterocycles. The monoisotopic (exact) mass is 193 g/mol.